The molecule has 2 rings (SSSR count). The minimum atomic E-state index is -0.602. The van der Waals surface area contributed by atoms with Crippen LogP contribution in [0, 0.1) is 13.8 Å². The van der Waals surface area contributed by atoms with Gasteiger partial charge in [-0.25, -0.2) is 4.79 Å². The minimum Gasteiger partial charge on any atom is -0.495 e. The number of carbonyl (C=O) groups excluding carboxylic acids is 1. The highest BCUT2D eigenvalue weighted by atomic mass is 79.9. The first-order chi connectivity index (χ1) is 10.4. The van der Waals surface area contributed by atoms with E-state index in [0.717, 1.165) is 11.1 Å². The maximum Gasteiger partial charge on any atom is 0.417 e. The molecular weight excluding hydrogens is 370 g/mol. The molecule has 116 valence electrons. The van der Waals surface area contributed by atoms with Gasteiger partial charge < -0.3 is 9.47 Å². The largest absolute Gasteiger partial charge is 0.495 e. The van der Waals surface area contributed by atoms with Crippen molar-refractivity contribution in [1.29, 1.82) is 0 Å². The molecule has 0 aliphatic heterocycles. The van der Waals surface area contributed by atoms with E-state index in [1.165, 1.54) is 0 Å². The van der Waals surface area contributed by atoms with Crippen molar-refractivity contribution in [2.75, 3.05) is 12.4 Å². The van der Waals surface area contributed by atoms with E-state index in [4.69, 9.17) is 21.1 Å². The average molecular weight is 385 g/mol. The summed E-state index contributed by atoms with van der Waals surface area (Å²) in [7, 11) is 1.54. The Morgan fingerprint density at radius 1 is 1.23 bits per heavy atom. The fraction of sp³-hybridized carbons (Fsp3) is 0.188. The number of benzene rings is 2. The molecule has 4 nitrogen and oxygen atoms in total. The van der Waals surface area contributed by atoms with Crippen molar-refractivity contribution < 1.29 is 14.3 Å². The number of ether oxygens (including phenoxy) is 2. The van der Waals surface area contributed by atoms with Crippen molar-refractivity contribution in [3.8, 4) is 11.5 Å². The van der Waals surface area contributed by atoms with E-state index in [1.54, 1.807) is 25.3 Å². The summed E-state index contributed by atoms with van der Waals surface area (Å²) in [6, 6.07) is 8.89. The fourth-order valence-corrected chi connectivity index (χ4v) is 3.01. The summed E-state index contributed by atoms with van der Waals surface area (Å²) in [6.07, 6.45) is -0.602. The van der Waals surface area contributed by atoms with Crippen LogP contribution in [0.4, 0.5) is 10.5 Å². The van der Waals surface area contributed by atoms with Crippen LogP contribution in [0.15, 0.2) is 34.8 Å². The van der Waals surface area contributed by atoms with Gasteiger partial charge in [0.2, 0.25) is 0 Å². The highest BCUT2D eigenvalue weighted by molar-refractivity contribution is 9.10. The number of amides is 1. The first-order valence-electron chi connectivity index (χ1n) is 6.50. The van der Waals surface area contributed by atoms with Gasteiger partial charge in [-0.05, 0) is 65.2 Å². The van der Waals surface area contributed by atoms with Crippen LogP contribution in [0.3, 0.4) is 0 Å². The molecule has 22 heavy (non-hydrogen) atoms. The molecule has 0 fully saturated rings. The highest BCUT2D eigenvalue weighted by Gasteiger charge is 2.14. The molecule has 0 aliphatic rings. The molecule has 6 heteroatoms. The zero-order valence-electron chi connectivity index (χ0n) is 12.4. The lowest BCUT2D eigenvalue weighted by molar-refractivity contribution is 0.214. The second-order valence-corrected chi connectivity index (χ2v) is 6.04. The van der Waals surface area contributed by atoms with E-state index < -0.39 is 6.09 Å². The normalized spacial score (nSPS) is 10.2. The van der Waals surface area contributed by atoms with Crippen molar-refractivity contribution >= 4 is 39.3 Å². The zero-order chi connectivity index (χ0) is 16.3. The second kappa shape index (κ2) is 7.03. The number of halogens is 2. The van der Waals surface area contributed by atoms with E-state index >= 15 is 0 Å². The van der Waals surface area contributed by atoms with Crippen molar-refractivity contribution in [1.82, 2.24) is 0 Å². The molecule has 0 aromatic heterocycles. The van der Waals surface area contributed by atoms with Crippen LogP contribution < -0.4 is 14.8 Å². The van der Waals surface area contributed by atoms with Gasteiger partial charge in [-0.15, -0.1) is 0 Å². The third kappa shape index (κ3) is 3.93. The van der Waals surface area contributed by atoms with Crippen LogP contribution in [0.2, 0.25) is 5.02 Å². The van der Waals surface area contributed by atoms with Crippen molar-refractivity contribution in [2.45, 2.75) is 13.8 Å². The Kier molecular flexibility index (Phi) is 5.32. The molecule has 2 aromatic rings. The summed E-state index contributed by atoms with van der Waals surface area (Å²) in [5.41, 5.74) is 2.31. The van der Waals surface area contributed by atoms with Crippen molar-refractivity contribution in [3.05, 3.63) is 51.0 Å². The predicted octanol–water partition coefficient (Wildman–Crippen LogP) is 5.34. The van der Waals surface area contributed by atoms with Crippen LogP contribution in [0.5, 0.6) is 11.5 Å². The molecule has 0 spiro atoms. The van der Waals surface area contributed by atoms with Gasteiger partial charge in [0.1, 0.15) is 11.5 Å². The van der Waals surface area contributed by atoms with E-state index in [1.807, 2.05) is 26.0 Å². The Balaban J connectivity index is 2.19. The number of rotatable bonds is 3. The lowest BCUT2D eigenvalue weighted by Crippen LogP contribution is -2.18. The maximum atomic E-state index is 12.1. The molecule has 0 radical (unpaired) electrons. The number of hydrogen-bond donors (Lipinski definition) is 1. The van der Waals surface area contributed by atoms with Gasteiger partial charge >= 0.3 is 6.09 Å². The minimum absolute atomic E-state index is 0.425. The van der Waals surface area contributed by atoms with Gasteiger partial charge in [0.15, 0.2) is 0 Å². The Bertz CT molecular complexity index is 696. The number of methoxy groups -OCH3 is 1. The highest BCUT2D eigenvalue weighted by Crippen LogP contribution is 2.33. The van der Waals surface area contributed by atoms with Gasteiger partial charge in [0.05, 0.1) is 17.3 Å². The third-order valence-electron chi connectivity index (χ3n) is 2.98. The Morgan fingerprint density at radius 3 is 2.59 bits per heavy atom. The number of carbonyl (C=O) groups is 1. The van der Waals surface area contributed by atoms with E-state index in [9.17, 15) is 4.79 Å². The summed E-state index contributed by atoms with van der Waals surface area (Å²) in [5.74, 6) is 0.989. The predicted molar refractivity (Wildman–Crippen MR) is 91.3 cm³/mol. The van der Waals surface area contributed by atoms with Gasteiger partial charge in [-0.1, -0.05) is 17.7 Å². The van der Waals surface area contributed by atoms with Crippen LogP contribution in [-0.2, 0) is 0 Å². The Hall–Kier alpha value is -1.72. The molecule has 0 bridgehead atoms. The third-order valence-corrected chi connectivity index (χ3v) is 3.79. The lowest BCUT2D eigenvalue weighted by Gasteiger charge is -2.13. The van der Waals surface area contributed by atoms with Crippen LogP contribution in [0.25, 0.3) is 0 Å². The monoisotopic (exact) mass is 383 g/mol. The Morgan fingerprint density at radius 2 is 1.95 bits per heavy atom. The number of hydrogen-bond acceptors (Lipinski definition) is 3. The van der Waals surface area contributed by atoms with Crippen molar-refractivity contribution in [2.24, 2.45) is 0 Å². The zero-order valence-corrected chi connectivity index (χ0v) is 14.7. The lowest BCUT2D eigenvalue weighted by atomic mass is 10.2. The van der Waals surface area contributed by atoms with Crippen LogP contribution in [-0.4, -0.2) is 13.2 Å². The smallest absolute Gasteiger partial charge is 0.417 e. The van der Waals surface area contributed by atoms with Crippen molar-refractivity contribution in [3.63, 3.8) is 0 Å². The molecule has 1 N–H and O–H groups in total. The molecule has 0 atom stereocenters. The number of aryl methyl sites for hydroxylation is 2. The Labute approximate surface area is 142 Å². The molecule has 0 heterocycles. The molecule has 0 unspecified atom stereocenters. The maximum absolute atomic E-state index is 12.1. The topological polar surface area (TPSA) is 47.6 Å². The van der Waals surface area contributed by atoms with Gasteiger partial charge in [-0.2, -0.15) is 0 Å². The molecule has 0 saturated carbocycles. The molecular formula is C16H15BrClNO3. The second-order valence-electron chi connectivity index (χ2n) is 4.75. The molecule has 2 aromatic carbocycles. The van der Waals surface area contributed by atoms with Gasteiger partial charge in [-0.3, -0.25) is 5.32 Å². The van der Waals surface area contributed by atoms with E-state index in [2.05, 4.69) is 21.2 Å². The number of anilines is 1. The van der Waals surface area contributed by atoms with Crippen LogP contribution >= 0.6 is 27.5 Å². The summed E-state index contributed by atoms with van der Waals surface area (Å²) >= 11 is 9.28. The molecule has 0 aliphatic carbocycles. The van der Waals surface area contributed by atoms with Crippen LogP contribution in [0.1, 0.15) is 11.1 Å². The summed E-state index contributed by atoms with van der Waals surface area (Å²) in [5, 5.41) is 3.25. The first-order valence-corrected chi connectivity index (χ1v) is 7.67. The summed E-state index contributed by atoms with van der Waals surface area (Å²) in [4.78, 5) is 12.1. The van der Waals surface area contributed by atoms with E-state index in [-0.39, 0.29) is 0 Å². The summed E-state index contributed by atoms with van der Waals surface area (Å²) in [6.45, 7) is 3.74. The van der Waals surface area contributed by atoms with Gasteiger partial charge in [0.25, 0.3) is 0 Å². The van der Waals surface area contributed by atoms with Gasteiger partial charge in [0, 0.05) is 5.02 Å². The number of nitrogens with one attached hydrogen (secondary N) is 1. The molecule has 1 amide bonds. The standard InChI is InChI=1S/C16H15BrClNO3/c1-9-4-5-14(21-3)13(6-9)19-16(20)22-15-10(2)7-11(18)8-12(15)17/h4-8H,1-3H3,(H,19,20). The fourth-order valence-electron chi connectivity index (χ4n) is 1.97. The quantitative estimate of drug-likeness (QED) is 0.777. The molecule has 0 saturated heterocycles. The van der Waals surface area contributed by atoms with E-state index in [0.29, 0.717) is 26.7 Å². The average Bonchev–Trinajstić information content (AvgIpc) is 2.43. The summed E-state index contributed by atoms with van der Waals surface area (Å²) < 4.78 is 11.2. The SMILES string of the molecule is COc1ccc(C)cc1NC(=O)Oc1c(C)cc(Cl)cc1Br. The first kappa shape index (κ1) is 16.6.